The molecule has 0 aliphatic carbocycles. The molecular formula is C21H18ClFN4O3. The number of aldehydes is 1. The number of nitrogens with zero attached hydrogens (tertiary/aromatic N) is 1. The molecule has 1 atom stereocenters. The van der Waals surface area contributed by atoms with Gasteiger partial charge in [0.1, 0.15) is 6.29 Å². The lowest BCUT2D eigenvalue weighted by Gasteiger charge is -2.22. The van der Waals surface area contributed by atoms with Crippen LogP contribution in [0.1, 0.15) is 28.4 Å². The molecule has 2 aromatic heterocycles. The first-order valence-electron chi connectivity index (χ1n) is 9.22. The third-order valence-electron chi connectivity index (χ3n) is 5.03. The fourth-order valence-electron chi connectivity index (χ4n) is 3.64. The van der Waals surface area contributed by atoms with Gasteiger partial charge in [-0.15, -0.1) is 0 Å². The van der Waals surface area contributed by atoms with Gasteiger partial charge in [-0.1, -0.05) is 17.7 Å². The molecule has 0 spiro atoms. The SMILES string of the molecule is COc1c(Cl)cccc1Nc1c(-c2ccncc2F)[nH]c2c1C(=O)NCC2CC=O. The Labute approximate surface area is 176 Å². The Kier molecular flexibility index (Phi) is 5.41. The summed E-state index contributed by atoms with van der Waals surface area (Å²) in [7, 11) is 1.48. The maximum absolute atomic E-state index is 14.6. The summed E-state index contributed by atoms with van der Waals surface area (Å²) in [6.45, 7) is 0.309. The van der Waals surface area contributed by atoms with Crippen molar-refractivity contribution < 1.29 is 18.7 Å². The topological polar surface area (TPSA) is 96.1 Å². The van der Waals surface area contributed by atoms with Crippen LogP contribution in [0.4, 0.5) is 15.8 Å². The van der Waals surface area contributed by atoms with E-state index in [0.29, 0.717) is 45.6 Å². The second-order valence-electron chi connectivity index (χ2n) is 6.77. The number of rotatable bonds is 6. The Hall–Kier alpha value is -3.39. The number of benzene rings is 1. The van der Waals surface area contributed by atoms with Crippen LogP contribution in [-0.2, 0) is 4.79 Å². The lowest BCUT2D eigenvalue weighted by Crippen LogP contribution is -2.35. The highest BCUT2D eigenvalue weighted by Gasteiger charge is 2.33. The number of halogens is 2. The van der Waals surface area contributed by atoms with Gasteiger partial charge in [-0.2, -0.15) is 0 Å². The van der Waals surface area contributed by atoms with E-state index in [0.717, 1.165) is 12.5 Å². The van der Waals surface area contributed by atoms with E-state index in [2.05, 4.69) is 20.6 Å². The molecule has 0 fully saturated rings. The molecule has 154 valence electrons. The predicted octanol–water partition coefficient (Wildman–Crippen LogP) is 4.04. The van der Waals surface area contributed by atoms with Gasteiger partial charge in [0.15, 0.2) is 11.6 Å². The Morgan fingerprint density at radius 1 is 1.40 bits per heavy atom. The van der Waals surface area contributed by atoms with Gasteiger partial charge in [-0.05, 0) is 18.2 Å². The number of nitrogens with one attached hydrogen (secondary N) is 3. The quantitative estimate of drug-likeness (QED) is 0.515. The molecular weight excluding hydrogens is 411 g/mol. The number of hydrogen-bond acceptors (Lipinski definition) is 5. The normalized spacial score (nSPS) is 15.3. The summed E-state index contributed by atoms with van der Waals surface area (Å²) in [5, 5.41) is 6.36. The van der Waals surface area contributed by atoms with Crippen molar-refractivity contribution in [2.75, 3.05) is 19.0 Å². The van der Waals surface area contributed by atoms with Crippen LogP contribution in [0.3, 0.4) is 0 Å². The molecule has 0 saturated heterocycles. The Morgan fingerprint density at radius 2 is 2.23 bits per heavy atom. The first-order chi connectivity index (χ1) is 14.5. The standard InChI is InChI=1S/C21H18ClFN4O3/c1-30-20-13(22)3-2-4-15(20)26-19-16-17(11(6-8-28)9-25-21(16)29)27-18(19)12-5-7-24-10-14(12)23/h2-5,7-8,10-11,26-27H,6,9H2,1H3,(H,25,29). The number of amides is 1. The van der Waals surface area contributed by atoms with Gasteiger partial charge in [0.2, 0.25) is 0 Å². The monoisotopic (exact) mass is 428 g/mol. The van der Waals surface area contributed by atoms with Crippen molar-refractivity contribution in [2.45, 2.75) is 12.3 Å². The summed E-state index contributed by atoms with van der Waals surface area (Å²) < 4.78 is 20.0. The molecule has 0 bridgehead atoms. The van der Waals surface area contributed by atoms with Crippen molar-refractivity contribution in [3.63, 3.8) is 0 Å². The molecule has 9 heteroatoms. The summed E-state index contributed by atoms with van der Waals surface area (Å²) in [5.74, 6) is -0.747. The summed E-state index contributed by atoms with van der Waals surface area (Å²) >= 11 is 6.23. The lowest BCUT2D eigenvalue weighted by molar-refractivity contribution is -0.108. The van der Waals surface area contributed by atoms with Crippen LogP contribution >= 0.6 is 11.6 Å². The van der Waals surface area contributed by atoms with E-state index in [1.165, 1.54) is 19.4 Å². The van der Waals surface area contributed by atoms with Gasteiger partial charge in [-0.25, -0.2) is 4.39 Å². The Balaban J connectivity index is 1.94. The fraction of sp³-hybridized carbons (Fsp3) is 0.190. The zero-order valence-electron chi connectivity index (χ0n) is 16.0. The molecule has 0 radical (unpaired) electrons. The highest BCUT2D eigenvalue weighted by molar-refractivity contribution is 6.32. The van der Waals surface area contributed by atoms with Crippen LogP contribution in [0.15, 0.2) is 36.7 Å². The van der Waals surface area contributed by atoms with Crippen molar-refractivity contribution in [3.8, 4) is 17.0 Å². The summed E-state index contributed by atoms with van der Waals surface area (Å²) in [6.07, 6.45) is 3.57. The average molecular weight is 429 g/mol. The van der Waals surface area contributed by atoms with Gasteiger partial charge in [0.25, 0.3) is 5.91 Å². The number of anilines is 2. The molecule has 7 nitrogen and oxygen atoms in total. The molecule has 1 aromatic carbocycles. The first-order valence-corrected chi connectivity index (χ1v) is 9.60. The molecule has 4 rings (SSSR count). The molecule has 1 amide bonds. The number of ether oxygens (including phenoxy) is 1. The van der Waals surface area contributed by atoms with Gasteiger partial charge in [-0.3, -0.25) is 9.78 Å². The predicted molar refractivity (Wildman–Crippen MR) is 111 cm³/mol. The molecule has 3 heterocycles. The number of carbonyl (C=O) groups is 2. The van der Waals surface area contributed by atoms with Crippen molar-refractivity contribution in [2.24, 2.45) is 0 Å². The van der Waals surface area contributed by atoms with Crippen LogP contribution in [0.5, 0.6) is 5.75 Å². The largest absolute Gasteiger partial charge is 0.493 e. The van der Waals surface area contributed by atoms with Crippen LogP contribution in [0, 0.1) is 5.82 Å². The molecule has 1 unspecified atom stereocenters. The third kappa shape index (κ3) is 3.39. The zero-order chi connectivity index (χ0) is 21.3. The third-order valence-corrected chi connectivity index (χ3v) is 5.32. The summed E-state index contributed by atoms with van der Waals surface area (Å²) in [6, 6.07) is 6.66. The number of fused-ring (bicyclic) bond motifs is 1. The van der Waals surface area contributed by atoms with Crippen LogP contribution < -0.4 is 15.4 Å². The van der Waals surface area contributed by atoms with Crippen LogP contribution in [-0.4, -0.2) is 35.8 Å². The second-order valence-corrected chi connectivity index (χ2v) is 7.18. The van der Waals surface area contributed by atoms with Crippen LogP contribution in [0.25, 0.3) is 11.3 Å². The lowest BCUT2D eigenvalue weighted by atomic mass is 9.94. The van der Waals surface area contributed by atoms with Crippen molar-refractivity contribution in [1.29, 1.82) is 0 Å². The van der Waals surface area contributed by atoms with Crippen molar-refractivity contribution in [3.05, 3.63) is 58.8 Å². The minimum atomic E-state index is -0.551. The number of hydrogen-bond donors (Lipinski definition) is 3. The van der Waals surface area contributed by atoms with Crippen LogP contribution in [0.2, 0.25) is 5.02 Å². The van der Waals surface area contributed by atoms with E-state index in [4.69, 9.17) is 16.3 Å². The number of methoxy groups -OCH3 is 1. The highest BCUT2D eigenvalue weighted by Crippen LogP contribution is 2.43. The minimum absolute atomic E-state index is 0.214. The van der Waals surface area contributed by atoms with Gasteiger partial charge in [0.05, 0.1) is 41.0 Å². The van der Waals surface area contributed by atoms with E-state index in [9.17, 15) is 14.0 Å². The number of H-pyrrole nitrogens is 1. The smallest absolute Gasteiger partial charge is 0.255 e. The van der Waals surface area contributed by atoms with E-state index in [-0.39, 0.29) is 23.8 Å². The molecule has 3 N–H and O–H groups in total. The molecule has 0 saturated carbocycles. The number of aromatic amines is 1. The van der Waals surface area contributed by atoms with E-state index in [1.807, 2.05) is 0 Å². The van der Waals surface area contributed by atoms with Crippen molar-refractivity contribution >= 4 is 35.2 Å². The maximum atomic E-state index is 14.6. The molecule has 1 aliphatic rings. The number of para-hydroxylation sites is 1. The molecule has 1 aliphatic heterocycles. The minimum Gasteiger partial charge on any atom is -0.493 e. The number of aromatic nitrogens is 2. The van der Waals surface area contributed by atoms with Gasteiger partial charge in [0, 0.05) is 36.3 Å². The van der Waals surface area contributed by atoms with Crippen molar-refractivity contribution in [1.82, 2.24) is 15.3 Å². The van der Waals surface area contributed by atoms with Gasteiger partial charge >= 0.3 is 0 Å². The molecule has 3 aromatic rings. The number of pyridine rings is 1. The average Bonchev–Trinajstić information content (AvgIpc) is 3.11. The summed E-state index contributed by atoms with van der Waals surface area (Å²) in [4.78, 5) is 30.9. The second kappa shape index (κ2) is 8.16. The van der Waals surface area contributed by atoms with Gasteiger partial charge < -0.3 is 25.1 Å². The first kappa shape index (κ1) is 19.9. The Morgan fingerprint density at radius 3 is 2.97 bits per heavy atom. The summed E-state index contributed by atoms with van der Waals surface area (Å²) in [5.41, 5.74) is 2.37. The van der Waals surface area contributed by atoms with E-state index >= 15 is 0 Å². The number of carbonyl (C=O) groups excluding carboxylic acids is 2. The Bertz CT molecular complexity index is 1130. The maximum Gasteiger partial charge on any atom is 0.255 e. The van der Waals surface area contributed by atoms with E-state index in [1.54, 1.807) is 18.2 Å². The highest BCUT2D eigenvalue weighted by atomic mass is 35.5. The molecule has 30 heavy (non-hydrogen) atoms. The van der Waals surface area contributed by atoms with E-state index < -0.39 is 5.82 Å². The zero-order valence-corrected chi connectivity index (χ0v) is 16.7. The fourth-order valence-corrected chi connectivity index (χ4v) is 3.89.